The summed E-state index contributed by atoms with van der Waals surface area (Å²) >= 11 is 6.21. The van der Waals surface area contributed by atoms with Crippen LogP contribution >= 0.6 is 11.6 Å². The highest BCUT2D eigenvalue weighted by molar-refractivity contribution is 6.33. The van der Waals surface area contributed by atoms with Crippen molar-refractivity contribution in [3.63, 3.8) is 0 Å². The van der Waals surface area contributed by atoms with Crippen molar-refractivity contribution >= 4 is 41.0 Å². The summed E-state index contributed by atoms with van der Waals surface area (Å²) in [5, 5.41) is 19.3. The van der Waals surface area contributed by atoms with Crippen molar-refractivity contribution in [3.8, 4) is 0 Å². The lowest BCUT2D eigenvalue weighted by Gasteiger charge is -2.29. The lowest BCUT2D eigenvalue weighted by molar-refractivity contribution is -0.142. The number of hydrogen-bond acceptors (Lipinski definition) is 7. The van der Waals surface area contributed by atoms with Crippen LogP contribution in [0.1, 0.15) is 56.9 Å². The van der Waals surface area contributed by atoms with Gasteiger partial charge in [-0.3, -0.25) is 24.5 Å². The van der Waals surface area contributed by atoms with E-state index in [0.717, 1.165) is 5.56 Å². The number of ether oxygens (including phenoxy) is 1. The number of cyclic esters (lactones) is 1. The van der Waals surface area contributed by atoms with Crippen LogP contribution in [-0.2, 0) is 30.3 Å². The fourth-order valence-corrected chi connectivity index (χ4v) is 5.43. The van der Waals surface area contributed by atoms with Crippen LogP contribution in [0.25, 0.3) is 0 Å². The van der Waals surface area contributed by atoms with Crippen molar-refractivity contribution in [2.45, 2.75) is 76.4 Å². The monoisotopic (exact) mass is 570 g/mol. The van der Waals surface area contributed by atoms with E-state index in [1.165, 1.54) is 17.9 Å². The zero-order valence-electron chi connectivity index (χ0n) is 22.6. The van der Waals surface area contributed by atoms with Gasteiger partial charge in [0.2, 0.25) is 17.7 Å². The molecule has 0 radical (unpaired) electrons. The molecule has 2 aliphatic rings. The van der Waals surface area contributed by atoms with Crippen molar-refractivity contribution in [1.82, 2.24) is 15.5 Å². The van der Waals surface area contributed by atoms with Gasteiger partial charge in [-0.15, -0.1) is 0 Å². The number of aliphatic hydroxyl groups is 1. The second-order valence-electron chi connectivity index (χ2n) is 10.3. The maximum absolute atomic E-state index is 13.3. The van der Waals surface area contributed by atoms with Gasteiger partial charge in [0.1, 0.15) is 18.4 Å². The summed E-state index contributed by atoms with van der Waals surface area (Å²) < 4.78 is 5.49. The van der Waals surface area contributed by atoms with Gasteiger partial charge in [0.05, 0.1) is 29.2 Å². The number of hydrogen-bond donors (Lipinski definition) is 4. The number of anilines is 1. The third-order valence-electron chi connectivity index (χ3n) is 7.24. The number of benzene rings is 2. The molecule has 4 rings (SSSR count). The minimum absolute atomic E-state index is 0.0965. The minimum atomic E-state index is -1.20. The number of halogens is 1. The molecular formula is C29H35ClN4O6. The molecule has 3 amide bonds. The zero-order valence-corrected chi connectivity index (χ0v) is 23.3. The summed E-state index contributed by atoms with van der Waals surface area (Å²) in [6, 6.07) is 12.6. The molecule has 0 aliphatic carbocycles. The van der Waals surface area contributed by atoms with Gasteiger partial charge in [0, 0.05) is 13.5 Å². The fourth-order valence-electron chi connectivity index (χ4n) is 5.20. The van der Waals surface area contributed by atoms with E-state index in [1.807, 2.05) is 30.3 Å². The Morgan fingerprint density at radius 2 is 1.93 bits per heavy atom. The number of rotatable bonds is 10. The number of aliphatic hydroxyl groups excluding tert-OH is 1. The molecule has 2 aliphatic heterocycles. The predicted octanol–water partition coefficient (Wildman–Crippen LogP) is 2.69. The molecule has 5 atom stereocenters. The van der Waals surface area contributed by atoms with E-state index < -0.39 is 30.5 Å². The molecule has 214 valence electrons. The van der Waals surface area contributed by atoms with Gasteiger partial charge in [0.25, 0.3) is 0 Å². The molecule has 2 fully saturated rings. The standard InChI is InChI=1S/C29H35ClN4O6/c1-17(31-27(37)20-11-12-22(21(30)15-20)32-18(2)35)29(39)34-14-6-9-24(34)28(38)33-23-16-26(36)40-25(23)13-10-19-7-4-3-5-8-19/h3-5,7-8,11-12,15,17,23-25,27,31,37H,6,9-10,13-14,16H2,1-2H3,(H,32,35)(H,33,38)/t17?,23?,24-,25?,27?/m0/s1. The van der Waals surface area contributed by atoms with E-state index in [2.05, 4.69) is 16.0 Å². The van der Waals surface area contributed by atoms with Gasteiger partial charge in [0.15, 0.2) is 0 Å². The summed E-state index contributed by atoms with van der Waals surface area (Å²) in [6.45, 7) is 3.40. The smallest absolute Gasteiger partial charge is 0.308 e. The highest BCUT2D eigenvalue weighted by atomic mass is 35.5. The molecule has 11 heteroatoms. The Morgan fingerprint density at radius 3 is 2.62 bits per heavy atom. The van der Waals surface area contributed by atoms with Crippen LogP contribution in [0.3, 0.4) is 0 Å². The Bertz CT molecular complexity index is 1240. The van der Waals surface area contributed by atoms with Crippen LogP contribution < -0.4 is 16.0 Å². The van der Waals surface area contributed by atoms with Crippen LogP contribution in [0.15, 0.2) is 48.5 Å². The molecule has 0 bridgehead atoms. The number of aryl methyl sites for hydroxylation is 1. The molecule has 4 unspecified atom stereocenters. The quantitative estimate of drug-likeness (QED) is 0.255. The first kappa shape index (κ1) is 29.5. The number of carbonyl (C=O) groups is 4. The van der Waals surface area contributed by atoms with E-state index in [4.69, 9.17) is 16.3 Å². The third kappa shape index (κ3) is 7.38. The van der Waals surface area contributed by atoms with Gasteiger partial charge >= 0.3 is 5.97 Å². The Labute approximate surface area is 238 Å². The molecule has 4 N–H and O–H groups in total. The molecule has 2 saturated heterocycles. The molecule has 40 heavy (non-hydrogen) atoms. The maximum Gasteiger partial charge on any atom is 0.308 e. The first-order valence-corrected chi connectivity index (χ1v) is 13.9. The second-order valence-corrected chi connectivity index (χ2v) is 10.7. The van der Waals surface area contributed by atoms with Crippen LogP contribution in [-0.4, -0.2) is 64.5 Å². The largest absolute Gasteiger partial charge is 0.460 e. The maximum atomic E-state index is 13.3. The zero-order chi connectivity index (χ0) is 28.8. The van der Waals surface area contributed by atoms with Crippen LogP contribution in [0.4, 0.5) is 5.69 Å². The van der Waals surface area contributed by atoms with Gasteiger partial charge in [-0.2, -0.15) is 0 Å². The van der Waals surface area contributed by atoms with Crippen molar-refractivity contribution in [2.75, 3.05) is 11.9 Å². The molecule has 2 aromatic carbocycles. The predicted molar refractivity (Wildman–Crippen MR) is 149 cm³/mol. The number of nitrogens with zero attached hydrogens (tertiary/aromatic N) is 1. The van der Waals surface area contributed by atoms with E-state index in [-0.39, 0.29) is 35.1 Å². The summed E-state index contributed by atoms with van der Waals surface area (Å²) in [6.07, 6.45) is 0.931. The van der Waals surface area contributed by atoms with Crippen molar-refractivity contribution in [3.05, 3.63) is 64.7 Å². The summed E-state index contributed by atoms with van der Waals surface area (Å²) in [7, 11) is 0. The second kappa shape index (κ2) is 13.3. The summed E-state index contributed by atoms with van der Waals surface area (Å²) in [4.78, 5) is 51.4. The van der Waals surface area contributed by atoms with Gasteiger partial charge < -0.3 is 25.4 Å². The van der Waals surface area contributed by atoms with Crippen LogP contribution in [0.2, 0.25) is 5.02 Å². The number of nitrogens with one attached hydrogen (secondary N) is 3. The van der Waals surface area contributed by atoms with Gasteiger partial charge in [-0.05, 0) is 55.9 Å². The first-order valence-electron chi connectivity index (χ1n) is 13.5. The van der Waals surface area contributed by atoms with Crippen molar-refractivity contribution in [2.24, 2.45) is 0 Å². The highest BCUT2D eigenvalue weighted by Crippen LogP contribution is 2.27. The van der Waals surface area contributed by atoms with Crippen LogP contribution in [0.5, 0.6) is 0 Å². The molecule has 0 saturated carbocycles. The fraction of sp³-hybridized carbons (Fsp3) is 0.448. The Morgan fingerprint density at radius 1 is 1.18 bits per heavy atom. The highest BCUT2D eigenvalue weighted by Gasteiger charge is 2.40. The van der Waals surface area contributed by atoms with Crippen molar-refractivity contribution < 1.29 is 29.0 Å². The van der Waals surface area contributed by atoms with Crippen LogP contribution in [0, 0.1) is 0 Å². The summed E-state index contributed by atoms with van der Waals surface area (Å²) in [5.41, 5.74) is 1.96. The lowest BCUT2D eigenvalue weighted by Crippen LogP contribution is -2.54. The van der Waals surface area contributed by atoms with E-state index >= 15 is 0 Å². The molecule has 2 aromatic rings. The summed E-state index contributed by atoms with van der Waals surface area (Å²) in [5.74, 6) is -1.25. The molecule has 10 nitrogen and oxygen atoms in total. The van der Waals surface area contributed by atoms with Gasteiger partial charge in [-0.1, -0.05) is 48.0 Å². The lowest BCUT2D eigenvalue weighted by atomic mass is 10.0. The van der Waals surface area contributed by atoms with E-state index in [0.29, 0.717) is 43.5 Å². The SMILES string of the molecule is CC(=O)Nc1ccc(C(O)NC(C)C(=O)N2CCC[C@H]2C(=O)NC2CC(=O)OC2CCc2ccccc2)cc1Cl. The molecule has 0 spiro atoms. The van der Waals surface area contributed by atoms with Gasteiger partial charge in [-0.25, -0.2) is 0 Å². The van der Waals surface area contributed by atoms with Crippen molar-refractivity contribution in [1.29, 1.82) is 0 Å². The number of likely N-dealkylation sites (tertiary alicyclic amines) is 1. The first-order chi connectivity index (χ1) is 19.1. The molecule has 0 aromatic heterocycles. The molecule has 2 heterocycles. The Balaban J connectivity index is 1.33. The Hall–Kier alpha value is -3.47. The molecular weight excluding hydrogens is 536 g/mol. The average molecular weight is 571 g/mol. The minimum Gasteiger partial charge on any atom is -0.460 e. The van der Waals surface area contributed by atoms with E-state index in [9.17, 15) is 24.3 Å². The third-order valence-corrected chi connectivity index (χ3v) is 7.56. The average Bonchev–Trinajstić information content (AvgIpc) is 3.55. The Kier molecular flexibility index (Phi) is 9.78. The number of amides is 3. The number of carbonyl (C=O) groups excluding carboxylic acids is 4. The normalized spacial score (nSPS) is 21.9. The topological polar surface area (TPSA) is 137 Å². The number of esters is 1. The van der Waals surface area contributed by atoms with E-state index in [1.54, 1.807) is 19.1 Å².